The van der Waals surface area contributed by atoms with E-state index in [9.17, 15) is 33.5 Å². The SMILES string of the molecule is CCC(=O)OC(C)C.O=P([O-])([O-])OP(=O)([O-])[O-].[Ti+4]. The Labute approximate surface area is 119 Å². The average molecular weight is 338 g/mol. The summed E-state index contributed by atoms with van der Waals surface area (Å²) < 4.78 is 25.9. The Kier molecular flexibility index (Phi) is 13.4. The van der Waals surface area contributed by atoms with Crippen LogP contribution in [0.25, 0.3) is 0 Å². The third kappa shape index (κ3) is 25.3. The minimum Gasteiger partial charge on any atom is -0.790 e. The first-order valence-electron chi connectivity index (χ1n) is 4.32. The van der Waals surface area contributed by atoms with Gasteiger partial charge in [-0.1, -0.05) is 6.92 Å². The molecule has 0 heterocycles. The second-order valence-electron chi connectivity index (χ2n) is 2.87. The molecular weight excluding hydrogens is 326 g/mol. The van der Waals surface area contributed by atoms with Crippen LogP contribution in [0.15, 0.2) is 0 Å². The second kappa shape index (κ2) is 10.3. The maximum Gasteiger partial charge on any atom is 4.00 e. The summed E-state index contributed by atoms with van der Waals surface area (Å²) in [6, 6.07) is 0. The number of esters is 1. The van der Waals surface area contributed by atoms with Crippen molar-refractivity contribution in [3.05, 3.63) is 0 Å². The Morgan fingerprint density at radius 3 is 1.50 bits per heavy atom. The van der Waals surface area contributed by atoms with Gasteiger partial charge in [0.15, 0.2) is 0 Å². The Hall–Kier alpha value is 0.444. The molecule has 0 aliphatic rings. The fraction of sp³-hybridized carbons (Fsp3) is 0.833. The van der Waals surface area contributed by atoms with Gasteiger partial charge in [-0.3, -0.25) is 4.79 Å². The number of hydrogen-bond acceptors (Lipinski definition) is 9. The molecule has 0 aromatic heterocycles. The van der Waals surface area contributed by atoms with Crippen molar-refractivity contribution in [2.75, 3.05) is 0 Å². The number of carbonyl (C=O) groups excluding carboxylic acids is 1. The van der Waals surface area contributed by atoms with Crippen molar-refractivity contribution in [1.29, 1.82) is 0 Å². The van der Waals surface area contributed by atoms with Crippen molar-refractivity contribution in [2.24, 2.45) is 0 Å². The van der Waals surface area contributed by atoms with E-state index in [4.69, 9.17) is 4.74 Å². The van der Waals surface area contributed by atoms with Crippen LogP contribution >= 0.6 is 15.6 Å². The van der Waals surface area contributed by atoms with Crippen LogP contribution in [0.3, 0.4) is 0 Å². The molecule has 0 saturated carbocycles. The topological polar surface area (TPSA) is 162 Å². The molecule has 0 radical (unpaired) electrons. The number of hydrogen-bond donors (Lipinski definition) is 0. The molecule has 0 unspecified atom stereocenters. The van der Waals surface area contributed by atoms with E-state index in [2.05, 4.69) is 4.31 Å². The van der Waals surface area contributed by atoms with Crippen LogP contribution in [0.4, 0.5) is 0 Å². The summed E-state index contributed by atoms with van der Waals surface area (Å²) in [5.41, 5.74) is 0. The number of phosphoric acid groups is 2. The van der Waals surface area contributed by atoms with Gasteiger partial charge in [0.1, 0.15) is 0 Å². The molecule has 9 nitrogen and oxygen atoms in total. The van der Waals surface area contributed by atoms with E-state index in [1.54, 1.807) is 6.92 Å². The predicted octanol–water partition coefficient (Wildman–Crippen LogP) is -1.99. The summed E-state index contributed by atoms with van der Waals surface area (Å²) in [6.07, 6.45) is 0.500. The van der Waals surface area contributed by atoms with Gasteiger partial charge in [-0.25, -0.2) is 0 Å². The predicted molar refractivity (Wildman–Crippen MR) is 47.8 cm³/mol. The maximum atomic E-state index is 10.4. The zero-order valence-electron chi connectivity index (χ0n) is 9.85. The molecular formula is C6H12O9P2Ti. The Bertz CT molecular complexity index is 299. The third-order valence-corrected chi connectivity index (χ3v) is 2.46. The summed E-state index contributed by atoms with van der Waals surface area (Å²) in [5.74, 6) is -0.125. The molecule has 0 aliphatic heterocycles. The van der Waals surface area contributed by atoms with Crippen molar-refractivity contribution in [3.8, 4) is 0 Å². The van der Waals surface area contributed by atoms with Crippen LogP contribution in [-0.4, -0.2) is 12.1 Å². The molecule has 0 spiro atoms. The third-order valence-electron chi connectivity index (χ3n) is 0.856. The molecule has 12 heteroatoms. The van der Waals surface area contributed by atoms with Crippen molar-refractivity contribution >= 4 is 21.6 Å². The molecule has 104 valence electrons. The summed E-state index contributed by atoms with van der Waals surface area (Å²) >= 11 is 0. The summed E-state index contributed by atoms with van der Waals surface area (Å²) in [6.45, 7) is 5.46. The molecule has 0 N–H and O–H groups in total. The second-order valence-corrected chi connectivity index (χ2v) is 5.31. The smallest absolute Gasteiger partial charge is 0.790 e. The van der Waals surface area contributed by atoms with Gasteiger partial charge in [-0.05, 0) is 13.8 Å². The summed E-state index contributed by atoms with van der Waals surface area (Å²) in [4.78, 5) is 47.7. The van der Waals surface area contributed by atoms with Crippen molar-refractivity contribution in [1.82, 2.24) is 0 Å². The van der Waals surface area contributed by atoms with Crippen molar-refractivity contribution in [3.63, 3.8) is 0 Å². The molecule has 0 fully saturated rings. The van der Waals surface area contributed by atoms with E-state index in [1.165, 1.54) is 0 Å². The quantitative estimate of drug-likeness (QED) is 0.321. The van der Waals surface area contributed by atoms with Gasteiger partial charge in [0.25, 0.3) is 0 Å². The minimum absolute atomic E-state index is 0. The number of rotatable bonds is 4. The van der Waals surface area contributed by atoms with Gasteiger partial charge in [0.2, 0.25) is 0 Å². The Morgan fingerprint density at radius 1 is 1.11 bits per heavy atom. The van der Waals surface area contributed by atoms with Crippen molar-refractivity contribution < 1.29 is 64.3 Å². The molecule has 0 aromatic carbocycles. The monoisotopic (exact) mass is 338 g/mol. The summed E-state index contributed by atoms with van der Waals surface area (Å²) in [5, 5.41) is 0. The molecule has 0 atom stereocenters. The van der Waals surface area contributed by atoms with Crippen molar-refractivity contribution in [2.45, 2.75) is 33.3 Å². The van der Waals surface area contributed by atoms with Crippen LogP contribution in [0.2, 0.25) is 0 Å². The Balaban J connectivity index is -0.000000238. The maximum absolute atomic E-state index is 10.4. The molecule has 18 heavy (non-hydrogen) atoms. The van der Waals surface area contributed by atoms with Gasteiger partial charge in [-0.15, -0.1) is 0 Å². The first-order valence-corrected chi connectivity index (χ1v) is 7.24. The first-order chi connectivity index (χ1) is 7.37. The van der Waals surface area contributed by atoms with Gasteiger partial charge < -0.3 is 37.8 Å². The minimum atomic E-state index is -5.68. The van der Waals surface area contributed by atoms with E-state index in [1.807, 2.05) is 13.8 Å². The zero-order chi connectivity index (χ0) is 14.3. The van der Waals surface area contributed by atoms with Crippen LogP contribution in [0, 0.1) is 0 Å². The molecule has 0 aliphatic carbocycles. The molecule has 0 saturated heterocycles. The standard InChI is InChI=1S/C6H12O2.H4O7P2.Ti/c1-4-6(7)8-5(2)3;1-8(2,3)7-9(4,5)6;/h5H,4H2,1-3H3;(H2,1,2,3)(H2,4,5,6);/q;;+4/p-4. The summed E-state index contributed by atoms with van der Waals surface area (Å²) in [7, 11) is -11.4. The van der Waals surface area contributed by atoms with Gasteiger partial charge in [0, 0.05) is 6.42 Å². The number of carbonyl (C=O) groups is 1. The van der Waals surface area contributed by atoms with Crippen LogP contribution in [0.1, 0.15) is 27.2 Å². The molecule has 0 rings (SSSR count). The van der Waals surface area contributed by atoms with E-state index in [0.717, 1.165) is 0 Å². The van der Waals surface area contributed by atoms with Crippen LogP contribution in [0.5, 0.6) is 0 Å². The van der Waals surface area contributed by atoms with Gasteiger partial charge in [0.05, 0.1) is 21.7 Å². The van der Waals surface area contributed by atoms with Gasteiger partial charge >= 0.3 is 27.7 Å². The van der Waals surface area contributed by atoms with Crippen LogP contribution < -0.4 is 19.6 Å². The fourth-order valence-corrected chi connectivity index (χ4v) is 1.45. The first kappa shape index (κ1) is 23.5. The fourth-order valence-electron chi connectivity index (χ4n) is 0.469. The van der Waals surface area contributed by atoms with E-state index >= 15 is 0 Å². The van der Waals surface area contributed by atoms with E-state index in [-0.39, 0.29) is 33.8 Å². The largest absolute Gasteiger partial charge is 4.00 e. The zero-order valence-corrected chi connectivity index (χ0v) is 13.2. The molecule has 0 bridgehead atoms. The van der Waals surface area contributed by atoms with Crippen LogP contribution in [-0.2, 0) is 44.7 Å². The van der Waals surface area contributed by atoms with E-state index < -0.39 is 15.6 Å². The molecule has 0 aromatic rings. The average Bonchev–Trinajstić information content (AvgIpc) is 1.96. The normalized spacial score (nSPS) is 11.1. The van der Waals surface area contributed by atoms with E-state index in [0.29, 0.717) is 6.42 Å². The molecule has 0 amide bonds. The van der Waals surface area contributed by atoms with Gasteiger partial charge in [-0.2, -0.15) is 0 Å². The Morgan fingerprint density at radius 2 is 1.44 bits per heavy atom. The number of ether oxygens (including phenoxy) is 1.